The average Bonchev–Trinajstić information content (AvgIpc) is 2.67. The van der Waals surface area contributed by atoms with Crippen molar-refractivity contribution in [2.45, 2.75) is 58.2 Å². The number of nitrogens with one attached hydrogen (secondary N) is 1. The minimum absolute atomic E-state index is 0. The predicted molar refractivity (Wildman–Crippen MR) is 103 cm³/mol. The molecule has 0 spiro atoms. The second-order valence-corrected chi connectivity index (χ2v) is 7.18. The largest absolute Gasteiger partial charge is 1.00 e. The Balaban J connectivity index is 0.00000420. The number of amides is 1. The Morgan fingerprint density at radius 1 is 1.10 bits per heavy atom. The van der Waals surface area contributed by atoms with Crippen LogP contribution in [0.4, 0.5) is 4.79 Å². The summed E-state index contributed by atoms with van der Waals surface area (Å²) in [6, 6.07) is 6.48. The van der Waals surface area contributed by atoms with Crippen molar-refractivity contribution in [1.29, 1.82) is 0 Å². The molecule has 1 unspecified atom stereocenters. The standard InChI is InChI=1S/C20H26ClNO6.Na/c1-14(23)26-19(15-6-3-2-4-7-15)28-20(25)22-13-5-8-18(24)27-17-11-9-16(21)10-12-17;/h9-12,15,19H,2-8,13H2,1H3,(H,22,25);/q;+1. The van der Waals surface area contributed by atoms with Crippen LogP contribution in [0.25, 0.3) is 0 Å². The summed E-state index contributed by atoms with van der Waals surface area (Å²) in [5.74, 6) is -0.443. The van der Waals surface area contributed by atoms with E-state index in [9.17, 15) is 14.4 Å². The summed E-state index contributed by atoms with van der Waals surface area (Å²) in [6.45, 7) is 1.54. The van der Waals surface area contributed by atoms with Gasteiger partial charge in [-0.2, -0.15) is 0 Å². The van der Waals surface area contributed by atoms with Gasteiger partial charge < -0.3 is 19.5 Å². The molecule has 1 aliphatic rings. The summed E-state index contributed by atoms with van der Waals surface area (Å²) in [4.78, 5) is 35.1. The molecule has 1 N–H and O–H groups in total. The van der Waals surface area contributed by atoms with Crippen LogP contribution in [0.5, 0.6) is 5.75 Å². The first-order valence-electron chi connectivity index (χ1n) is 9.52. The molecule has 29 heavy (non-hydrogen) atoms. The van der Waals surface area contributed by atoms with Gasteiger partial charge in [0.1, 0.15) is 5.75 Å². The van der Waals surface area contributed by atoms with Gasteiger partial charge in [-0.25, -0.2) is 4.79 Å². The minimum Gasteiger partial charge on any atom is -0.427 e. The third kappa shape index (κ3) is 10.3. The smallest absolute Gasteiger partial charge is 0.427 e. The fourth-order valence-corrected chi connectivity index (χ4v) is 3.17. The van der Waals surface area contributed by atoms with E-state index in [-0.39, 0.29) is 48.4 Å². The van der Waals surface area contributed by atoms with E-state index in [1.165, 1.54) is 6.92 Å². The van der Waals surface area contributed by atoms with Gasteiger partial charge >= 0.3 is 47.6 Å². The molecule has 1 saturated carbocycles. The average molecular weight is 435 g/mol. The van der Waals surface area contributed by atoms with E-state index in [1.807, 2.05) is 0 Å². The van der Waals surface area contributed by atoms with Crippen LogP contribution in [-0.2, 0) is 19.1 Å². The van der Waals surface area contributed by atoms with Crippen molar-refractivity contribution in [2.75, 3.05) is 6.54 Å². The SMILES string of the molecule is CC(=O)OC(OC(=O)NCCCC(=O)Oc1ccc(Cl)cc1)C1CCCCC1.[Na+]. The van der Waals surface area contributed by atoms with Crippen LogP contribution in [0.1, 0.15) is 51.9 Å². The Morgan fingerprint density at radius 3 is 2.38 bits per heavy atom. The quantitative estimate of drug-likeness (QED) is 0.217. The van der Waals surface area contributed by atoms with E-state index in [0.29, 0.717) is 17.2 Å². The van der Waals surface area contributed by atoms with E-state index in [1.54, 1.807) is 24.3 Å². The molecule has 0 aliphatic heterocycles. The molecule has 1 amide bonds. The van der Waals surface area contributed by atoms with Crippen molar-refractivity contribution < 1.29 is 58.2 Å². The van der Waals surface area contributed by atoms with E-state index >= 15 is 0 Å². The molecular weight excluding hydrogens is 409 g/mol. The number of hydrogen-bond acceptors (Lipinski definition) is 6. The summed E-state index contributed by atoms with van der Waals surface area (Å²) >= 11 is 5.77. The van der Waals surface area contributed by atoms with E-state index in [2.05, 4.69) is 5.32 Å². The number of esters is 2. The van der Waals surface area contributed by atoms with Crippen molar-refractivity contribution in [3.05, 3.63) is 29.3 Å². The van der Waals surface area contributed by atoms with Crippen molar-refractivity contribution >= 4 is 29.6 Å². The van der Waals surface area contributed by atoms with E-state index < -0.39 is 24.3 Å². The van der Waals surface area contributed by atoms with Crippen molar-refractivity contribution in [2.24, 2.45) is 5.92 Å². The Hall–Kier alpha value is -1.28. The van der Waals surface area contributed by atoms with Gasteiger partial charge in [-0.05, 0) is 43.5 Å². The minimum atomic E-state index is -0.868. The van der Waals surface area contributed by atoms with Gasteiger partial charge in [0.15, 0.2) is 0 Å². The third-order valence-corrected chi connectivity index (χ3v) is 4.66. The van der Waals surface area contributed by atoms with Gasteiger partial charge in [-0.1, -0.05) is 30.9 Å². The number of alkyl carbamates (subject to hydrolysis) is 1. The molecule has 2 rings (SSSR count). The number of ether oxygens (including phenoxy) is 3. The summed E-state index contributed by atoms with van der Waals surface area (Å²) < 4.78 is 15.6. The second-order valence-electron chi connectivity index (χ2n) is 6.74. The molecular formula is C20H26ClNNaO6+. The van der Waals surface area contributed by atoms with Crippen LogP contribution >= 0.6 is 11.6 Å². The fraction of sp³-hybridized carbons (Fsp3) is 0.550. The monoisotopic (exact) mass is 434 g/mol. The first kappa shape index (κ1) is 25.8. The first-order valence-corrected chi connectivity index (χ1v) is 9.90. The molecule has 9 heteroatoms. The van der Waals surface area contributed by atoms with Gasteiger partial charge in [0.2, 0.25) is 0 Å². The Morgan fingerprint density at radius 2 is 1.76 bits per heavy atom. The molecule has 0 bridgehead atoms. The maximum Gasteiger partial charge on any atom is 1.00 e. The van der Waals surface area contributed by atoms with Crippen molar-refractivity contribution in [3.8, 4) is 5.75 Å². The van der Waals surface area contributed by atoms with Crippen molar-refractivity contribution in [3.63, 3.8) is 0 Å². The van der Waals surface area contributed by atoms with Crippen molar-refractivity contribution in [1.82, 2.24) is 5.32 Å². The topological polar surface area (TPSA) is 90.9 Å². The van der Waals surface area contributed by atoms with Crippen LogP contribution in [0, 0.1) is 5.92 Å². The molecule has 7 nitrogen and oxygen atoms in total. The molecule has 0 saturated heterocycles. The van der Waals surface area contributed by atoms with E-state index in [4.69, 9.17) is 25.8 Å². The first-order chi connectivity index (χ1) is 13.4. The zero-order valence-corrected chi connectivity index (χ0v) is 19.7. The van der Waals surface area contributed by atoms with Crippen LogP contribution in [-0.4, -0.2) is 30.9 Å². The van der Waals surface area contributed by atoms with Crippen LogP contribution in [0.3, 0.4) is 0 Å². The second kappa shape index (κ2) is 13.9. The molecule has 0 radical (unpaired) electrons. The van der Waals surface area contributed by atoms with Gasteiger partial charge in [-0.3, -0.25) is 9.59 Å². The van der Waals surface area contributed by atoms with Crippen LogP contribution in [0.15, 0.2) is 24.3 Å². The molecule has 154 valence electrons. The number of hydrogen-bond donors (Lipinski definition) is 1. The number of halogens is 1. The maximum absolute atomic E-state index is 12.0. The summed E-state index contributed by atoms with van der Waals surface area (Å²) in [5.41, 5.74) is 0. The third-order valence-electron chi connectivity index (χ3n) is 4.41. The van der Waals surface area contributed by atoms with Gasteiger partial charge in [0.25, 0.3) is 6.29 Å². The molecule has 0 aromatic heterocycles. The normalized spacial score (nSPS) is 14.8. The summed E-state index contributed by atoms with van der Waals surface area (Å²) in [6.07, 6.45) is 3.93. The molecule has 0 heterocycles. The Kier molecular flexibility index (Phi) is 12.3. The predicted octanol–water partition coefficient (Wildman–Crippen LogP) is 1.23. The van der Waals surface area contributed by atoms with Crippen LogP contribution < -0.4 is 39.6 Å². The van der Waals surface area contributed by atoms with E-state index in [0.717, 1.165) is 32.1 Å². The molecule has 1 aromatic rings. The zero-order valence-electron chi connectivity index (χ0n) is 16.9. The van der Waals surface area contributed by atoms with Gasteiger partial charge in [0.05, 0.1) is 0 Å². The molecule has 1 aromatic carbocycles. The summed E-state index contributed by atoms with van der Waals surface area (Å²) in [5, 5.41) is 3.13. The van der Waals surface area contributed by atoms with Crippen LogP contribution in [0.2, 0.25) is 5.02 Å². The maximum atomic E-state index is 12.0. The number of rotatable bonds is 8. The number of carbonyl (C=O) groups is 3. The zero-order chi connectivity index (χ0) is 20.4. The van der Waals surface area contributed by atoms with Gasteiger partial charge in [0, 0.05) is 30.8 Å². The number of benzene rings is 1. The Bertz CT molecular complexity index is 663. The molecule has 1 atom stereocenters. The Labute approximate surface area is 198 Å². The van der Waals surface area contributed by atoms with Gasteiger partial charge in [-0.15, -0.1) is 0 Å². The number of carbonyl (C=O) groups excluding carboxylic acids is 3. The molecule has 1 fully saturated rings. The summed E-state index contributed by atoms with van der Waals surface area (Å²) in [7, 11) is 0. The molecule has 1 aliphatic carbocycles. The fourth-order valence-electron chi connectivity index (χ4n) is 3.04.